The van der Waals surface area contributed by atoms with Gasteiger partial charge in [-0.1, -0.05) is 6.07 Å². The largest absolute Gasteiger partial charge is 0.380 e. The molecule has 0 bridgehead atoms. The second kappa shape index (κ2) is 4.92. The summed E-state index contributed by atoms with van der Waals surface area (Å²) < 4.78 is 1.80. The van der Waals surface area contributed by atoms with Gasteiger partial charge in [-0.3, -0.25) is 4.68 Å². The van der Waals surface area contributed by atoms with Gasteiger partial charge < -0.3 is 5.32 Å². The monoisotopic (exact) mass is 240 g/mol. The normalized spacial score (nSPS) is 10.1. The summed E-state index contributed by atoms with van der Waals surface area (Å²) in [5, 5.41) is 16.7. The van der Waals surface area contributed by atoms with Crippen LogP contribution in [0.3, 0.4) is 0 Å². The zero-order valence-corrected chi connectivity index (χ0v) is 10.9. The molecule has 1 aromatic heterocycles. The van der Waals surface area contributed by atoms with E-state index in [1.54, 1.807) is 4.68 Å². The first-order valence-corrected chi connectivity index (χ1v) is 5.84. The topological polar surface area (TPSA) is 53.6 Å². The number of benzene rings is 1. The molecule has 0 spiro atoms. The zero-order chi connectivity index (χ0) is 13.1. The fourth-order valence-electron chi connectivity index (χ4n) is 1.91. The summed E-state index contributed by atoms with van der Waals surface area (Å²) >= 11 is 0. The Bertz CT molecular complexity index is 605. The first-order valence-electron chi connectivity index (χ1n) is 5.84. The van der Waals surface area contributed by atoms with E-state index in [1.165, 1.54) is 0 Å². The summed E-state index contributed by atoms with van der Waals surface area (Å²) in [6, 6.07) is 7.97. The number of nitrogens with zero attached hydrogens (tertiary/aromatic N) is 3. The summed E-state index contributed by atoms with van der Waals surface area (Å²) in [7, 11) is 1.91. The maximum Gasteiger partial charge on any atom is 0.101 e. The number of anilines is 1. The summed E-state index contributed by atoms with van der Waals surface area (Å²) in [6.45, 7) is 4.68. The van der Waals surface area contributed by atoms with E-state index in [2.05, 4.69) is 16.5 Å². The van der Waals surface area contributed by atoms with Gasteiger partial charge in [0.25, 0.3) is 0 Å². The van der Waals surface area contributed by atoms with Crippen LogP contribution < -0.4 is 5.32 Å². The van der Waals surface area contributed by atoms with E-state index in [4.69, 9.17) is 5.26 Å². The van der Waals surface area contributed by atoms with Gasteiger partial charge in [0.1, 0.15) is 6.07 Å². The van der Waals surface area contributed by atoms with Crippen LogP contribution in [0.4, 0.5) is 5.69 Å². The van der Waals surface area contributed by atoms with Crippen molar-refractivity contribution in [2.24, 2.45) is 7.05 Å². The molecule has 0 unspecified atom stereocenters. The molecule has 2 rings (SSSR count). The number of nitrogens with one attached hydrogen (secondary N) is 1. The average Bonchev–Trinajstić information content (AvgIpc) is 2.65. The average molecular weight is 240 g/mol. The Morgan fingerprint density at radius 1 is 1.39 bits per heavy atom. The fraction of sp³-hybridized carbons (Fsp3) is 0.286. The summed E-state index contributed by atoms with van der Waals surface area (Å²) in [5.74, 6) is 0. The van der Waals surface area contributed by atoms with Crippen LogP contribution in [-0.4, -0.2) is 9.78 Å². The minimum Gasteiger partial charge on any atom is -0.380 e. The lowest BCUT2D eigenvalue weighted by atomic mass is 10.1. The molecular formula is C14H16N4. The first-order chi connectivity index (χ1) is 8.60. The first kappa shape index (κ1) is 12.2. The number of nitriles is 1. The maximum atomic E-state index is 9.06. The number of hydrogen-bond acceptors (Lipinski definition) is 3. The van der Waals surface area contributed by atoms with E-state index in [9.17, 15) is 0 Å². The van der Waals surface area contributed by atoms with Crippen LogP contribution in [0.2, 0.25) is 0 Å². The Labute approximate surface area is 107 Å². The molecule has 4 heteroatoms. The molecule has 1 heterocycles. The molecular weight excluding hydrogens is 224 g/mol. The van der Waals surface area contributed by atoms with Crippen molar-refractivity contribution in [3.8, 4) is 6.07 Å². The van der Waals surface area contributed by atoms with E-state index in [1.807, 2.05) is 45.3 Å². The molecule has 1 N–H and O–H groups in total. The van der Waals surface area contributed by atoms with Crippen molar-refractivity contribution in [1.29, 1.82) is 5.26 Å². The van der Waals surface area contributed by atoms with E-state index in [0.717, 1.165) is 22.5 Å². The van der Waals surface area contributed by atoms with Crippen LogP contribution in [0.15, 0.2) is 24.4 Å². The number of hydrogen-bond donors (Lipinski definition) is 1. The lowest BCUT2D eigenvalue weighted by Gasteiger charge is -2.08. The minimum absolute atomic E-state index is 0.669. The SMILES string of the molecule is Cc1ccc(C#N)c(NCc2cn(C)nc2C)c1. The summed E-state index contributed by atoms with van der Waals surface area (Å²) in [4.78, 5) is 0. The van der Waals surface area contributed by atoms with Crippen molar-refractivity contribution >= 4 is 5.69 Å². The van der Waals surface area contributed by atoms with Gasteiger partial charge in [-0.05, 0) is 31.5 Å². The van der Waals surface area contributed by atoms with Gasteiger partial charge in [0.2, 0.25) is 0 Å². The van der Waals surface area contributed by atoms with Gasteiger partial charge in [-0.15, -0.1) is 0 Å². The maximum absolute atomic E-state index is 9.06. The van der Waals surface area contributed by atoms with Crippen LogP contribution in [0, 0.1) is 25.2 Å². The number of aryl methyl sites for hydroxylation is 3. The molecule has 0 amide bonds. The Morgan fingerprint density at radius 3 is 2.78 bits per heavy atom. The van der Waals surface area contributed by atoms with E-state index < -0.39 is 0 Å². The molecule has 1 aromatic carbocycles. The Kier molecular flexibility index (Phi) is 3.33. The molecule has 4 nitrogen and oxygen atoms in total. The van der Waals surface area contributed by atoms with Gasteiger partial charge in [0, 0.05) is 25.4 Å². The third kappa shape index (κ3) is 2.51. The van der Waals surface area contributed by atoms with E-state index >= 15 is 0 Å². The second-order valence-electron chi connectivity index (χ2n) is 4.43. The van der Waals surface area contributed by atoms with Crippen molar-refractivity contribution in [2.45, 2.75) is 20.4 Å². The highest BCUT2D eigenvalue weighted by molar-refractivity contribution is 5.59. The molecule has 0 radical (unpaired) electrons. The Morgan fingerprint density at radius 2 is 2.17 bits per heavy atom. The molecule has 0 atom stereocenters. The summed E-state index contributed by atoms with van der Waals surface area (Å²) in [6.07, 6.45) is 1.99. The van der Waals surface area contributed by atoms with Crippen LogP contribution in [0.5, 0.6) is 0 Å². The molecule has 0 saturated carbocycles. The van der Waals surface area contributed by atoms with Crippen molar-refractivity contribution in [2.75, 3.05) is 5.32 Å². The molecule has 0 saturated heterocycles. The molecule has 18 heavy (non-hydrogen) atoms. The van der Waals surface area contributed by atoms with Crippen LogP contribution >= 0.6 is 0 Å². The van der Waals surface area contributed by atoms with Gasteiger partial charge in [0.05, 0.1) is 16.9 Å². The Balaban J connectivity index is 2.18. The molecule has 0 aliphatic heterocycles. The van der Waals surface area contributed by atoms with E-state index in [-0.39, 0.29) is 0 Å². The third-order valence-electron chi connectivity index (χ3n) is 2.88. The van der Waals surface area contributed by atoms with Crippen LogP contribution in [-0.2, 0) is 13.6 Å². The quantitative estimate of drug-likeness (QED) is 0.896. The molecule has 0 aliphatic carbocycles. The van der Waals surface area contributed by atoms with Gasteiger partial charge in [-0.25, -0.2) is 0 Å². The molecule has 2 aromatic rings. The Hall–Kier alpha value is -2.28. The minimum atomic E-state index is 0.669. The predicted molar refractivity (Wildman–Crippen MR) is 71.2 cm³/mol. The molecule has 0 aliphatic rings. The number of rotatable bonds is 3. The fourth-order valence-corrected chi connectivity index (χ4v) is 1.91. The summed E-state index contributed by atoms with van der Waals surface area (Å²) in [5.41, 5.74) is 4.83. The molecule has 92 valence electrons. The van der Waals surface area contributed by atoms with Crippen molar-refractivity contribution in [1.82, 2.24) is 9.78 Å². The van der Waals surface area contributed by atoms with Crippen molar-refractivity contribution in [3.05, 3.63) is 46.8 Å². The van der Waals surface area contributed by atoms with Gasteiger partial charge >= 0.3 is 0 Å². The predicted octanol–water partition coefficient (Wildman–Crippen LogP) is 2.52. The second-order valence-corrected chi connectivity index (χ2v) is 4.43. The van der Waals surface area contributed by atoms with Crippen LogP contribution in [0.1, 0.15) is 22.4 Å². The lowest BCUT2D eigenvalue weighted by molar-refractivity contribution is 0.756. The third-order valence-corrected chi connectivity index (χ3v) is 2.88. The van der Waals surface area contributed by atoms with Gasteiger partial charge in [0.15, 0.2) is 0 Å². The van der Waals surface area contributed by atoms with Crippen LogP contribution in [0.25, 0.3) is 0 Å². The standard InChI is InChI=1S/C14H16N4/c1-10-4-5-12(7-15)14(6-10)16-8-13-9-18(3)17-11(13)2/h4-6,9,16H,8H2,1-3H3. The van der Waals surface area contributed by atoms with Gasteiger partial charge in [-0.2, -0.15) is 10.4 Å². The number of aromatic nitrogens is 2. The van der Waals surface area contributed by atoms with Crippen molar-refractivity contribution in [3.63, 3.8) is 0 Å². The highest BCUT2D eigenvalue weighted by atomic mass is 15.2. The highest BCUT2D eigenvalue weighted by Gasteiger charge is 2.05. The smallest absolute Gasteiger partial charge is 0.101 e. The van der Waals surface area contributed by atoms with E-state index in [0.29, 0.717) is 12.1 Å². The zero-order valence-electron chi connectivity index (χ0n) is 10.9. The lowest BCUT2D eigenvalue weighted by Crippen LogP contribution is -2.02. The highest BCUT2D eigenvalue weighted by Crippen LogP contribution is 2.18. The molecule has 0 fully saturated rings. The van der Waals surface area contributed by atoms with Crippen molar-refractivity contribution < 1.29 is 0 Å².